The molecule has 0 radical (unpaired) electrons. The molecule has 5 heteroatoms. The summed E-state index contributed by atoms with van der Waals surface area (Å²) >= 11 is 0. The molecule has 0 atom stereocenters. The van der Waals surface area contributed by atoms with Crippen LogP contribution in [0.1, 0.15) is 16.7 Å². The summed E-state index contributed by atoms with van der Waals surface area (Å²) < 4.78 is 25.3. The molecule has 0 heterocycles. The molecule has 0 unspecified atom stereocenters. The fraction of sp³-hybridized carbons (Fsp3) is 0.250. The Balaban J connectivity index is 2.19. The first-order chi connectivity index (χ1) is 9.87. The van der Waals surface area contributed by atoms with Crippen LogP contribution in [-0.2, 0) is 16.6 Å². The second-order valence-corrected chi connectivity index (χ2v) is 6.88. The quantitative estimate of drug-likeness (QED) is 0.891. The highest BCUT2D eigenvalue weighted by Gasteiger charge is 2.07. The lowest BCUT2D eigenvalue weighted by Crippen LogP contribution is -2.12. The van der Waals surface area contributed by atoms with Crippen molar-refractivity contribution >= 4 is 21.4 Å². The summed E-state index contributed by atoms with van der Waals surface area (Å²) in [5, 5.41) is 3.29. The number of nitrogens with one attached hydrogen (secondary N) is 2. The van der Waals surface area contributed by atoms with E-state index in [1.165, 1.54) is 16.7 Å². The van der Waals surface area contributed by atoms with E-state index in [-0.39, 0.29) is 0 Å². The predicted molar refractivity (Wildman–Crippen MR) is 88.2 cm³/mol. The molecule has 4 nitrogen and oxygen atoms in total. The van der Waals surface area contributed by atoms with Crippen LogP contribution in [0, 0.1) is 13.8 Å². The molecular weight excluding hydrogens is 284 g/mol. The number of aryl methyl sites for hydroxylation is 1. The third kappa shape index (κ3) is 4.23. The number of rotatable bonds is 5. The van der Waals surface area contributed by atoms with Crippen LogP contribution in [0.15, 0.2) is 42.5 Å². The maximum absolute atomic E-state index is 11.4. The Labute approximate surface area is 126 Å². The van der Waals surface area contributed by atoms with Crippen molar-refractivity contribution in [3.05, 3.63) is 59.2 Å². The van der Waals surface area contributed by atoms with E-state index in [0.717, 1.165) is 11.9 Å². The van der Waals surface area contributed by atoms with Crippen molar-refractivity contribution < 1.29 is 8.42 Å². The van der Waals surface area contributed by atoms with Crippen LogP contribution in [0.4, 0.5) is 11.4 Å². The lowest BCUT2D eigenvalue weighted by molar-refractivity contribution is 0.607. The molecule has 2 rings (SSSR count). The van der Waals surface area contributed by atoms with Crippen LogP contribution in [0.3, 0.4) is 0 Å². The van der Waals surface area contributed by atoms with Crippen molar-refractivity contribution in [1.82, 2.24) is 0 Å². The molecule has 2 aromatic rings. The monoisotopic (exact) mass is 304 g/mol. The van der Waals surface area contributed by atoms with Crippen molar-refractivity contribution in [1.29, 1.82) is 0 Å². The van der Waals surface area contributed by atoms with E-state index in [2.05, 4.69) is 36.0 Å². The second kappa shape index (κ2) is 6.18. The van der Waals surface area contributed by atoms with Gasteiger partial charge in [0.1, 0.15) is 0 Å². The molecule has 21 heavy (non-hydrogen) atoms. The van der Waals surface area contributed by atoms with Crippen LogP contribution >= 0.6 is 0 Å². The average molecular weight is 304 g/mol. The zero-order valence-electron chi connectivity index (χ0n) is 12.5. The van der Waals surface area contributed by atoms with Gasteiger partial charge in [-0.15, -0.1) is 0 Å². The van der Waals surface area contributed by atoms with E-state index in [0.29, 0.717) is 12.2 Å². The fourth-order valence-corrected chi connectivity index (χ4v) is 2.70. The van der Waals surface area contributed by atoms with Crippen LogP contribution in [0.25, 0.3) is 0 Å². The number of benzene rings is 2. The lowest BCUT2D eigenvalue weighted by Gasteiger charge is -2.14. The molecule has 2 N–H and O–H groups in total. The third-order valence-electron chi connectivity index (χ3n) is 3.41. The van der Waals surface area contributed by atoms with Gasteiger partial charge in [0.15, 0.2) is 0 Å². The highest BCUT2D eigenvalue weighted by Crippen LogP contribution is 2.23. The van der Waals surface area contributed by atoms with Crippen molar-refractivity contribution in [2.45, 2.75) is 20.4 Å². The van der Waals surface area contributed by atoms with Gasteiger partial charge >= 0.3 is 0 Å². The zero-order valence-corrected chi connectivity index (χ0v) is 13.3. The van der Waals surface area contributed by atoms with Gasteiger partial charge in [0.25, 0.3) is 0 Å². The summed E-state index contributed by atoms with van der Waals surface area (Å²) in [6.07, 6.45) is 1.15. The lowest BCUT2D eigenvalue weighted by atomic mass is 10.0. The normalized spacial score (nSPS) is 11.2. The maximum atomic E-state index is 11.4. The van der Waals surface area contributed by atoms with Gasteiger partial charge < -0.3 is 5.32 Å². The minimum Gasteiger partial charge on any atom is -0.379 e. The molecule has 0 saturated carbocycles. The highest BCUT2D eigenvalue weighted by atomic mass is 32.2. The number of para-hydroxylation sites is 2. The highest BCUT2D eigenvalue weighted by molar-refractivity contribution is 7.92. The molecule has 0 fully saturated rings. The SMILES string of the molecule is Cc1cccc(CNc2ccccc2NS(C)(=O)=O)c1C. The molecule has 0 spiro atoms. The van der Waals surface area contributed by atoms with Gasteiger partial charge in [-0.05, 0) is 42.7 Å². The van der Waals surface area contributed by atoms with Crippen LogP contribution < -0.4 is 10.0 Å². The molecule has 0 saturated heterocycles. The summed E-state index contributed by atoms with van der Waals surface area (Å²) in [7, 11) is -3.29. The Kier molecular flexibility index (Phi) is 4.53. The first-order valence-electron chi connectivity index (χ1n) is 6.72. The maximum Gasteiger partial charge on any atom is 0.229 e. The number of hydrogen-bond donors (Lipinski definition) is 2. The minimum atomic E-state index is -3.29. The van der Waals surface area contributed by atoms with E-state index < -0.39 is 10.0 Å². The summed E-state index contributed by atoms with van der Waals surface area (Å²) in [6, 6.07) is 13.5. The summed E-state index contributed by atoms with van der Waals surface area (Å²) in [4.78, 5) is 0. The molecule has 0 aliphatic rings. The van der Waals surface area contributed by atoms with E-state index >= 15 is 0 Å². The molecular formula is C16H20N2O2S. The van der Waals surface area contributed by atoms with Crippen molar-refractivity contribution in [2.24, 2.45) is 0 Å². The zero-order chi connectivity index (χ0) is 15.5. The fourth-order valence-electron chi connectivity index (χ4n) is 2.12. The van der Waals surface area contributed by atoms with Gasteiger partial charge in [-0.1, -0.05) is 30.3 Å². The van der Waals surface area contributed by atoms with Crippen LogP contribution in [0.2, 0.25) is 0 Å². The Morgan fingerprint density at radius 1 is 0.952 bits per heavy atom. The topological polar surface area (TPSA) is 58.2 Å². The van der Waals surface area contributed by atoms with Crippen molar-refractivity contribution in [2.75, 3.05) is 16.3 Å². The van der Waals surface area contributed by atoms with Gasteiger partial charge in [-0.2, -0.15) is 0 Å². The smallest absolute Gasteiger partial charge is 0.229 e. The predicted octanol–water partition coefficient (Wildman–Crippen LogP) is 3.29. The van der Waals surface area contributed by atoms with Gasteiger partial charge in [0.05, 0.1) is 17.6 Å². The van der Waals surface area contributed by atoms with Gasteiger partial charge in [-0.3, -0.25) is 4.72 Å². The molecule has 0 amide bonds. The molecule has 0 aliphatic heterocycles. The van der Waals surface area contributed by atoms with Gasteiger partial charge in [0.2, 0.25) is 10.0 Å². The number of sulfonamides is 1. The summed E-state index contributed by atoms with van der Waals surface area (Å²) in [5.41, 5.74) is 5.02. The Morgan fingerprint density at radius 3 is 2.29 bits per heavy atom. The third-order valence-corrected chi connectivity index (χ3v) is 4.00. The van der Waals surface area contributed by atoms with Crippen molar-refractivity contribution in [3.63, 3.8) is 0 Å². The first kappa shape index (κ1) is 15.4. The van der Waals surface area contributed by atoms with Gasteiger partial charge in [-0.25, -0.2) is 8.42 Å². The summed E-state index contributed by atoms with van der Waals surface area (Å²) in [5.74, 6) is 0. The molecule has 112 valence electrons. The van der Waals surface area contributed by atoms with E-state index in [9.17, 15) is 8.42 Å². The van der Waals surface area contributed by atoms with E-state index in [4.69, 9.17) is 0 Å². The standard InChI is InChI=1S/C16H20N2O2S/c1-12-7-6-8-14(13(12)2)11-17-15-9-4-5-10-16(15)18-21(3,19)20/h4-10,17-18H,11H2,1-3H3. The summed E-state index contributed by atoms with van der Waals surface area (Å²) in [6.45, 7) is 4.82. The average Bonchev–Trinajstić information content (AvgIpc) is 2.40. The van der Waals surface area contributed by atoms with Crippen LogP contribution in [0.5, 0.6) is 0 Å². The number of hydrogen-bond acceptors (Lipinski definition) is 3. The van der Waals surface area contributed by atoms with E-state index in [1.807, 2.05) is 18.2 Å². The van der Waals surface area contributed by atoms with Gasteiger partial charge in [0, 0.05) is 6.54 Å². The minimum absolute atomic E-state index is 0.560. The first-order valence-corrected chi connectivity index (χ1v) is 8.62. The number of anilines is 2. The van der Waals surface area contributed by atoms with E-state index in [1.54, 1.807) is 12.1 Å². The Hall–Kier alpha value is -2.01. The largest absolute Gasteiger partial charge is 0.379 e. The Bertz CT molecular complexity index is 740. The second-order valence-electron chi connectivity index (χ2n) is 5.13. The van der Waals surface area contributed by atoms with Crippen molar-refractivity contribution in [3.8, 4) is 0 Å². The molecule has 0 aliphatic carbocycles. The Morgan fingerprint density at radius 2 is 1.62 bits per heavy atom. The molecule has 0 aromatic heterocycles. The molecule has 2 aromatic carbocycles. The van der Waals surface area contributed by atoms with Crippen LogP contribution in [-0.4, -0.2) is 14.7 Å². The molecule has 0 bridgehead atoms.